The summed E-state index contributed by atoms with van der Waals surface area (Å²) in [6.45, 7) is 0. The Morgan fingerprint density at radius 3 is 2.67 bits per heavy atom. The summed E-state index contributed by atoms with van der Waals surface area (Å²) in [6.07, 6.45) is 3.96. The normalized spacial score (nSPS) is 23.7. The van der Waals surface area contributed by atoms with Gasteiger partial charge in [-0.3, -0.25) is 11.3 Å². The molecule has 0 saturated carbocycles. The van der Waals surface area contributed by atoms with E-state index >= 15 is 0 Å². The molecular formula is C12H18N2S. The van der Waals surface area contributed by atoms with E-state index in [1.807, 2.05) is 17.8 Å². The first kappa shape index (κ1) is 11.0. The molecule has 0 amide bonds. The van der Waals surface area contributed by atoms with E-state index in [1.165, 1.54) is 30.6 Å². The highest BCUT2D eigenvalue weighted by Crippen LogP contribution is 2.34. The molecule has 1 fully saturated rings. The lowest BCUT2D eigenvalue weighted by Gasteiger charge is -2.29. The van der Waals surface area contributed by atoms with Gasteiger partial charge in [0.2, 0.25) is 0 Å². The van der Waals surface area contributed by atoms with Crippen LogP contribution in [0.4, 0.5) is 0 Å². The Morgan fingerprint density at radius 1 is 1.27 bits per heavy atom. The number of hydrogen-bond donors (Lipinski definition) is 2. The van der Waals surface area contributed by atoms with Crippen molar-refractivity contribution in [2.45, 2.75) is 30.6 Å². The quantitative estimate of drug-likeness (QED) is 0.609. The zero-order valence-corrected chi connectivity index (χ0v) is 9.67. The number of hydrogen-bond acceptors (Lipinski definition) is 3. The average Bonchev–Trinajstić information content (AvgIpc) is 2.33. The molecule has 0 radical (unpaired) electrons. The molecule has 3 heteroatoms. The van der Waals surface area contributed by atoms with Gasteiger partial charge in [-0.1, -0.05) is 36.8 Å². The van der Waals surface area contributed by atoms with Crippen LogP contribution in [-0.4, -0.2) is 11.0 Å². The van der Waals surface area contributed by atoms with Gasteiger partial charge in [0.25, 0.3) is 0 Å². The van der Waals surface area contributed by atoms with E-state index in [4.69, 9.17) is 5.84 Å². The molecule has 2 unspecified atom stereocenters. The summed E-state index contributed by atoms with van der Waals surface area (Å²) < 4.78 is 0. The van der Waals surface area contributed by atoms with Gasteiger partial charge in [-0.25, -0.2) is 0 Å². The van der Waals surface area contributed by atoms with Crippen molar-refractivity contribution in [2.75, 3.05) is 5.75 Å². The molecule has 0 aromatic heterocycles. The third kappa shape index (κ3) is 2.74. The van der Waals surface area contributed by atoms with Gasteiger partial charge in [0.1, 0.15) is 0 Å². The first-order chi connectivity index (χ1) is 7.42. The van der Waals surface area contributed by atoms with Gasteiger partial charge in [-0.2, -0.15) is 11.8 Å². The molecule has 2 nitrogen and oxygen atoms in total. The second kappa shape index (κ2) is 5.54. The van der Waals surface area contributed by atoms with Crippen LogP contribution in [0.3, 0.4) is 0 Å². The van der Waals surface area contributed by atoms with Crippen LogP contribution in [0.1, 0.15) is 30.9 Å². The lowest BCUT2D eigenvalue weighted by Crippen LogP contribution is -2.36. The van der Waals surface area contributed by atoms with Crippen LogP contribution in [0.15, 0.2) is 30.3 Å². The minimum absolute atomic E-state index is 0.302. The van der Waals surface area contributed by atoms with Crippen molar-refractivity contribution in [1.29, 1.82) is 0 Å². The van der Waals surface area contributed by atoms with E-state index in [-0.39, 0.29) is 0 Å². The lowest BCUT2D eigenvalue weighted by molar-refractivity contribution is 0.492. The van der Waals surface area contributed by atoms with Crippen molar-refractivity contribution in [3.05, 3.63) is 35.9 Å². The van der Waals surface area contributed by atoms with Crippen molar-refractivity contribution >= 4 is 11.8 Å². The number of benzene rings is 1. The fourth-order valence-corrected chi connectivity index (χ4v) is 3.54. The predicted molar refractivity (Wildman–Crippen MR) is 66.6 cm³/mol. The molecule has 1 aromatic rings. The van der Waals surface area contributed by atoms with Crippen molar-refractivity contribution in [3.8, 4) is 0 Å². The Kier molecular flexibility index (Phi) is 4.06. The lowest BCUT2D eigenvalue weighted by atomic mass is 10.0. The Hall–Kier alpha value is -0.510. The van der Waals surface area contributed by atoms with Crippen LogP contribution in [0.2, 0.25) is 0 Å². The molecule has 0 aliphatic carbocycles. The number of nitrogens with one attached hydrogen (secondary N) is 1. The van der Waals surface area contributed by atoms with Crippen LogP contribution in [-0.2, 0) is 0 Å². The molecule has 3 N–H and O–H groups in total. The standard InChI is InChI=1S/C12H18N2S/c13-14-12(10-6-2-1-3-7-10)11-8-4-5-9-15-11/h1-3,6-7,11-12,14H,4-5,8-9,13H2. The van der Waals surface area contributed by atoms with Crippen LogP contribution in [0.25, 0.3) is 0 Å². The van der Waals surface area contributed by atoms with Gasteiger partial charge in [0, 0.05) is 5.25 Å². The van der Waals surface area contributed by atoms with E-state index in [0.29, 0.717) is 11.3 Å². The van der Waals surface area contributed by atoms with Gasteiger partial charge in [0.05, 0.1) is 6.04 Å². The van der Waals surface area contributed by atoms with Gasteiger partial charge >= 0.3 is 0 Å². The van der Waals surface area contributed by atoms with E-state index in [9.17, 15) is 0 Å². The van der Waals surface area contributed by atoms with Gasteiger partial charge in [0.15, 0.2) is 0 Å². The van der Waals surface area contributed by atoms with E-state index in [1.54, 1.807) is 0 Å². The molecule has 82 valence electrons. The highest BCUT2D eigenvalue weighted by Gasteiger charge is 2.24. The summed E-state index contributed by atoms with van der Waals surface area (Å²) >= 11 is 2.05. The number of hydrazine groups is 1. The molecule has 1 aliphatic heterocycles. The minimum atomic E-state index is 0.302. The fraction of sp³-hybridized carbons (Fsp3) is 0.500. The second-order valence-corrected chi connectivity index (χ2v) is 5.31. The van der Waals surface area contributed by atoms with Crippen molar-refractivity contribution in [1.82, 2.24) is 5.43 Å². The van der Waals surface area contributed by atoms with Crippen molar-refractivity contribution in [2.24, 2.45) is 5.84 Å². The molecule has 15 heavy (non-hydrogen) atoms. The predicted octanol–water partition coefficient (Wildman–Crippen LogP) is 2.48. The first-order valence-electron chi connectivity index (χ1n) is 5.54. The minimum Gasteiger partial charge on any atom is -0.271 e. The number of nitrogens with two attached hydrogens (primary N) is 1. The molecule has 0 spiro atoms. The number of thioether (sulfide) groups is 1. The molecule has 1 heterocycles. The van der Waals surface area contributed by atoms with Crippen LogP contribution in [0.5, 0.6) is 0 Å². The third-order valence-corrected chi connectivity index (χ3v) is 4.39. The van der Waals surface area contributed by atoms with Crippen LogP contribution >= 0.6 is 11.8 Å². The van der Waals surface area contributed by atoms with Crippen LogP contribution in [0, 0.1) is 0 Å². The maximum atomic E-state index is 5.67. The zero-order valence-electron chi connectivity index (χ0n) is 8.86. The number of rotatable bonds is 3. The van der Waals surface area contributed by atoms with Gasteiger partial charge in [-0.15, -0.1) is 0 Å². The highest BCUT2D eigenvalue weighted by atomic mass is 32.2. The van der Waals surface area contributed by atoms with E-state index < -0.39 is 0 Å². The highest BCUT2D eigenvalue weighted by molar-refractivity contribution is 8.00. The van der Waals surface area contributed by atoms with Crippen molar-refractivity contribution in [3.63, 3.8) is 0 Å². The molecule has 0 bridgehead atoms. The summed E-state index contributed by atoms with van der Waals surface area (Å²) in [5.74, 6) is 6.95. The monoisotopic (exact) mass is 222 g/mol. The largest absolute Gasteiger partial charge is 0.271 e. The van der Waals surface area contributed by atoms with Gasteiger partial charge < -0.3 is 0 Å². The topological polar surface area (TPSA) is 38.0 Å². The zero-order chi connectivity index (χ0) is 10.5. The summed E-state index contributed by atoms with van der Waals surface area (Å²) in [4.78, 5) is 0. The van der Waals surface area contributed by atoms with E-state index in [0.717, 1.165) is 0 Å². The molecular weight excluding hydrogens is 204 g/mol. The average molecular weight is 222 g/mol. The maximum absolute atomic E-state index is 5.67. The second-order valence-electron chi connectivity index (χ2n) is 3.96. The third-order valence-electron chi connectivity index (χ3n) is 2.92. The Bertz CT molecular complexity index is 283. The van der Waals surface area contributed by atoms with E-state index in [2.05, 4.69) is 29.7 Å². The smallest absolute Gasteiger partial charge is 0.0578 e. The molecule has 1 aliphatic rings. The van der Waals surface area contributed by atoms with Crippen molar-refractivity contribution < 1.29 is 0 Å². The molecule has 1 saturated heterocycles. The van der Waals surface area contributed by atoms with Crippen LogP contribution < -0.4 is 11.3 Å². The maximum Gasteiger partial charge on any atom is 0.0578 e. The van der Waals surface area contributed by atoms with Gasteiger partial charge in [-0.05, 0) is 24.2 Å². The Morgan fingerprint density at radius 2 is 2.07 bits per heavy atom. The summed E-state index contributed by atoms with van der Waals surface area (Å²) in [5, 5.41) is 0.631. The summed E-state index contributed by atoms with van der Waals surface area (Å²) in [5.41, 5.74) is 4.27. The summed E-state index contributed by atoms with van der Waals surface area (Å²) in [6, 6.07) is 10.8. The Balaban J connectivity index is 2.09. The Labute approximate surface area is 95.6 Å². The molecule has 1 aromatic carbocycles. The summed E-state index contributed by atoms with van der Waals surface area (Å²) in [7, 11) is 0. The molecule has 2 rings (SSSR count). The first-order valence-corrected chi connectivity index (χ1v) is 6.59. The fourth-order valence-electron chi connectivity index (χ4n) is 2.11. The molecule has 2 atom stereocenters. The SMILES string of the molecule is NNC(c1ccccc1)C1CCCCS1.